The fourth-order valence-corrected chi connectivity index (χ4v) is 3.84. The summed E-state index contributed by atoms with van der Waals surface area (Å²) in [6.07, 6.45) is 8.10. The van der Waals surface area contributed by atoms with Crippen molar-refractivity contribution >= 4 is 11.9 Å². The lowest BCUT2D eigenvalue weighted by molar-refractivity contribution is -0.340. The molecule has 0 N–H and O–H groups in total. The Bertz CT molecular complexity index is 731. The van der Waals surface area contributed by atoms with E-state index in [1.165, 1.54) is 18.5 Å². The van der Waals surface area contributed by atoms with Crippen molar-refractivity contribution in [2.45, 2.75) is 51.0 Å². The fourth-order valence-electron chi connectivity index (χ4n) is 3.84. The van der Waals surface area contributed by atoms with Crippen LogP contribution in [0, 0.1) is 0 Å². The van der Waals surface area contributed by atoms with E-state index in [2.05, 4.69) is 10.00 Å². The zero-order chi connectivity index (χ0) is 20.1. The van der Waals surface area contributed by atoms with Crippen molar-refractivity contribution in [3.8, 4) is 5.88 Å². The van der Waals surface area contributed by atoms with E-state index in [0.717, 1.165) is 57.5 Å². The van der Waals surface area contributed by atoms with Crippen LogP contribution in [0.3, 0.4) is 0 Å². The highest BCUT2D eigenvalue weighted by Crippen LogP contribution is 2.24. The van der Waals surface area contributed by atoms with Crippen molar-refractivity contribution in [1.82, 2.24) is 14.7 Å². The monoisotopic (exact) mass is 405 g/mol. The molecule has 0 radical (unpaired) electrons. The van der Waals surface area contributed by atoms with Crippen LogP contribution in [0.4, 0.5) is 0 Å². The first-order valence-electron chi connectivity index (χ1n) is 10.3. The van der Waals surface area contributed by atoms with Crippen LogP contribution in [0.5, 0.6) is 5.88 Å². The SMILES string of the molecule is O=C1C=CC(=O)OC2(CN(CCCCOc3cc4n(n3)CCCC4)CCCO2)O1. The second kappa shape index (κ2) is 8.96. The van der Waals surface area contributed by atoms with E-state index < -0.39 is 17.9 Å². The maximum Gasteiger partial charge on any atom is 0.389 e. The van der Waals surface area contributed by atoms with Crippen LogP contribution in [-0.4, -0.2) is 65.4 Å². The molecule has 1 aromatic heterocycles. The predicted molar refractivity (Wildman–Crippen MR) is 101 cm³/mol. The van der Waals surface area contributed by atoms with Gasteiger partial charge in [0.05, 0.1) is 13.2 Å². The highest BCUT2D eigenvalue weighted by molar-refractivity contribution is 5.93. The Balaban J connectivity index is 1.23. The van der Waals surface area contributed by atoms with Crippen LogP contribution < -0.4 is 4.74 Å². The number of hydrogen-bond acceptors (Lipinski definition) is 8. The number of ether oxygens (including phenoxy) is 4. The van der Waals surface area contributed by atoms with E-state index in [0.29, 0.717) is 19.1 Å². The Kier molecular flexibility index (Phi) is 6.15. The van der Waals surface area contributed by atoms with E-state index in [1.54, 1.807) is 0 Å². The van der Waals surface area contributed by atoms with Crippen LogP contribution in [-0.2, 0) is 36.8 Å². The summed E-state index contributed by atoms with van der Waals surface area (Å²) in [6, 6.07) is 2.04. The van der Waals surface area contributed by atoms with Gasteiger partial charge in [-0.3, -0.25) is 9.58 Å². The zero-order valence-corrected chi connectivity index (χ0v) is 16.5. The third-order valence-corrected chi connectivity index (χ3v) is 5.24. The van der Waals surface area contributed by atoms with Crippen LogP contribution in [0.2, 0.25) is 0 Å². The van der Waals surface area contributed by atoms with Gasteiger partial charge in [0.1, 0.15) is 6.54 Å². The van der Waals surface area contributed by atoms with Gasteiger partial charge in [-0.1, -0.05) is 0 Å². The first-order valence-corrected chi connectivity index (χ1v) is 10.3. The number of aromatic nitrogens is 2. The van der Waals surface area contributed by atoms with Gasteiger partial charge < -0.3 is 18.9 Å². The van der Waals surface area contributed by atoms with Crippen LogP contribution in [0.15, 0.2) is 18.2 Å². The van der Waals surface area contributed by atoms with Crippen LogP contribution in [0.25, 0.3) is 0 Å². The molecule has 4 rings (SSSR count). The highest BCUT2D eigenvalue weighted by Gasteiger charge is 2.44. The lowest BCUT2D eigenvalue weighted by Crippen LogP contribution is -2.49. The number of unbranched alkanes of at least 4 members (excludes halogenated alkanes) is 1. The van der Waals surface area contributed by atoms with Gasteiger partial charge in [0.25, 0.3) is 0 Å². The molecular weight excluding hydrogens is 378 g/mol. The summed E-state index contributed by atoms with van der Waals surface area (Å²) in [6.45, 7) is 3.66. The largest absolute Gasteiger partial charge is 0.477 e. The average Bonchev–Trinajstić information content (AvgIpc) is 2.93. The zero-order valence-electron chi connectivity index (χ0n) is 16.5. The van der Waals surface area contributed by atoms with Crippen molar-refractivity contribution in [1.29, 1.82) is 0 Å². The van der Waals surface area contributed by atoms with E-state index in [9.17, 15) is 9.59 Å². The van der Waals surface area contributed by atoms with Gasteiger partial charge in [0.15, 0.2) is 0 Å². The number of aryl methyl sites for hydroxylation is 2. The summed E-state index contributed by atoms with van der Waals surface area (Å²) >= 11 is 0. The summed E-state index contributed by atoms with van der Waals surface area (Å²) in [5.74, 6) is -2.25. The molecule has 1 fully saturated rings. The van der Waals surface area contributed by atoms with Crippen molar-refractivity contribution < 1.29 is 28.5 Å². The Hall–Kier alpha value is -2.39. The lowest BCUT2D eigenvalue weighted by atomic mass is 10.1. The smallest absolute Gasteiger partial charge is 0.389 e. The number of nitrogens with zero attached hydrogens (tertiary/aromatic N) is 3. The van der Waals surface area contributed by atoms with Crippen molar-refractivity contribution in [2.24, 2.45) is 0 Å². The molecule has 0 unspecified atom stereocenters. The molecule has 0 bridgehead atoms. The molecule has 29 heavy (non-hydrogen) atoms. The third kappa shape index (κ3) is 5.16. The summed E-state index contributed by atoms with van der Waals surface area (Å²) in [4.78, 5) is 25.6. The number of carbonyl (C=O) groups is 2. The maximum absolute atomic E-state index is 11.8. The first kappa shape index (κ1) is 19.9. The molecule has 3 aliphatic rings. The second-order valence-electron chi connectivity index (χ2n) is 7.55. The molecule has 0 amide bonds. The van der Waals surface area contributed by atoms with Gasteiger partial charge in [-0.15, -0.1) is 5.10 Å². The number of rotatable bonds is 6. The minimum Gasteiger partial charge on any atom is -0.477 e. The summed E-state index contributed by atoms with van der Waals surface area (Å²) < 4.78 is 24.0. The lowest BCUT2D eigenvalue weighted by Gasteiger charge is -2.32. The molecule has 1 aromatic rings. The Morgan fingerprint density at radius 1 is 1.07 bits per heavy atom. The van der Waals surface area contributed by atoms with Gasteiger partial charge in [0, 0.05) is 37.0 Å². The Labute approximate surface area is 169 Å². The minimum absolute atomic E-state index is 0.195. The molecule has 0 atom stereocenters. The number of esters is 2. The Morgan fingerprint density at radius 2 is 1.90 bits per heavy atom. The van der Waals surface area contributed by atoms with E-state index in [-0.39, 0.29) is 6.54 Å². The van der Waals surface area contributed by atoms with E-state index in [1.807, 2.05) is 10.7 Å². The van der Waals surface area contributed by atoms with E-state index in [4.69, 9.17) is 18.9 Å². The molecule has 158 valence electrons. The maximum atomic E-state index is 11.8. The number of fused-ring (bicyclic) bond motifs is 1. The number of hydrogen-bond donors (Lipinski definition) is 0. The van der Waals surface area contributed by atoms with Gasteiger partial charge in [0.2, 0.25) is 5.88 Å². The second-order valence-corrected chi connectivity index (χ2v) is 7.55. The molecule has 0 aromatic carbocycles. The molecule has 0 aliphatic carbocycles. The quantitative estimate of drug-likeness (QED) is 0.518. The normalized spacial score (nSPS) is 21.8. The topological polar surface area (TPSA) is 92.1 Å². The van der Waals surface area contributed by atoms with Crippen molar-refractivity contribution in [3.05, 3.63) is 23.9 Å². The Morgan fingerprint density at radius 3 is 2.69 bits per heavy atom. The minimum atomic E-state index is -1.67. The summed E-state index contributed by atoms with van der Waals surface area (Å²) in [7, 11) is 0. The van der Waals surface area contributed by atoms with Crippen LogP contribution in [0.1, 0.15) is 37.8 Å². The molecule has 1 saturated heterocycles. The highest BCUT2D eigenvalue weighted by atomic mass is 16.9. The first-order chi connectivity index (χ1) is 14.1. The molecule has 9 nitrogen and oxygen atoms in total. The molecule has 0 saturated carbocycles. The molecular formula is C20H27N3O6. The molecule has 9 heteroatoms. The van der Waals surface area contributed by atoms with Crippen LogP contribution >= 0.6 is 0 Å². The average molecular weight is 405 g/mol. The number of carbonyl (C=O) groups excluding carboxylic acids is 2. The third-order valence-electron chi connectivity index (χ3n) is 5.24. The summed E-state index contributed by atoms with van der Waals surface area (Å²) in [5, 5.41) is 4.50. The van der Waals surface area contributed by atoms with Gasteiger partial charge in [-0.25, -0.2) is 9.59 Å². The van der Waals surface area contributed by atoms with E-state index >= 15 is 0 Å². The predicted octanol–water partition coefficient (Wildman–Crippen LogP) is 1.41. The van der Waals surface area contributed by atoms with Gasteiger partial charge in [-0.2, -0.15) is 0 Å². The van der Waals surface area contributed by atoms with Gasteiger partial charge in [-0.05, 0) is 45.1 Å². The molecule has 3 aliphatic heterocycles. The molecule has 1 spiro atoms. The standard InChI is InChI=1S/C20H27N3O6/c24-18-7-8-19(25)29-20(28-18)15-22(10-5-13-27-20)9-3-4-12-26-17-14-16-6-1-2-11-23(16)21-17/h7-8,14H,1-6,9-13,15H2. The van der Waals surface area contributed by atoms with Gasteiger partial charge >= 0.3 is 17.9 Å². The fraction of sp³-hybridized carbons (Fsp3) is 0.650. The van der Waals surface area contributed by atoms with Crippen molar-refractivity contribution in [3.63, 3.8) is 0 Å². The summed E-state index contributed by atoms with van der Waals surface area (Å²) in [5.41, 5.74) is 1.25. The molecule has 4 heterocycles. The van der Waals surface area contributed by atoms with Crippen molar-refractivity contribution in [2.75, 3.05) is 32.8 Å².